The molecule has 1 amide bonds. The highest BCUT2D eigenvalue weighted by Gasteiger charge is 2.29. The summed E-state index contributed by atoms with van der Waals surface area (Å²) in [4.78, 5) is 19.3. The van der Waals surface area contributed by atoms with E-state index in [1.807, 2.05) is 4.90 Å². The van der Waals surface area contributed by atoms with E-state index in [0.717, 1.165) is 48.7 Å². The Morgan fingerprint density at radius 2 is 2.04 bits per heavy atom. The van der Waals surface area contributed by atoms with Crippen LogP contribution in [0.3, 0.4) is 0 Å². The molecule has 26 heavy (non-hydrogen) atoms. The molecule has 0 bridgehead atoms. The smallest absolute Gasteiger partial charge is 0.223 e. The number of oxazole rings is 1. The number of aromatic amines is 1. The van der Waals surface area contributed by atoms with Gasteiger partial charge in [-0.15, -0.1) is 0 Å². The number of aryl methyl sites for hydroxylation is 2. The first-order valence-corrected chi connectivity index (χ1v) is 9.73. The molecule has 2 aromatic heterocycles. The molecule has 140 valence electrons. The van der Waals surface area contributed by atoms with Crippen molar-refractivity contribution in [2.45, 2.75) is 77.7 Å². The molecular weight excluding hydrogens is 328 g/mol. The maximum Gasteiger partial charge on any atom is 0.223 e. The number of hydrogen-bond donors (Lipinski definition) is 1. The van der Waals surface area contributed by atoms with E-state index in [1.165, 1.54) is 24.1 Å². The molecule has 1 N–H and O–H groups in total. The Bertz CT molecular complexity index is 812. The van der Waals surface area contributed by atoms with Crippen LogP contribution in [0.2, 0.25) is 0 Å². The summed E-state index contributed by atoms with van der Waals surface area (Å²) >= 11 is 0. The van der Waals surface area contributed by atoms with E-state index >= 15 is 0 Å². The van der Waals surface area contributed by atoms with Crippen molar-refractivity contribution in [2.75, 3.05) is 6.54 Å². The van der Waals surface area contributed by atoms with Crippen LogP contribution >= 0.6 is 0 Å². The highest BCUT2D eigenvalue weighted by atomic mass is 16.4. The number of amides is 1. The van der Waals surface area contributed by atoms with Crippen molar-refractivity contribution in [1.29, 1.82) is 0 Å². The van der Waals surface area contributed by atoms with Crippen LogP contribution in [-0.2, 0) is 42.4 Å². The average Bonchev–Trinajstić information content (AvgIpc) is 3.23. The maximum absolute atomic E-state index is 12.7. The lowest BCUT2D eigenvalue weighted by Crippen LogP contribution is -2.36. The third kappa shape index (κ3) is 3.29. The van der Waals surface area contributed by atoms with Crippen LogP contribution in [0.4, 0.5) is 0 Å². The minimum Gasteiger partial charge on any atom is -0.445 e. The van der Waals surface area contributed by atoms with Gasteiger partial charge < -0.3 is 9.32 Å². The Labute approximate surface area is 154 Å². The molecule has 0 spiro atoms. The molecule has 3 heterocycles. The van der Waals surface area contributed by atoms with Crippen LogP contribution in [0.15, 0.2) is 4.42 Å². The van der Waals surface area contributed by atoms with Crippen molar-refractivity contribution >= 4 is 5.91 Å². The molecule has 0 aromatic carbocycles. The van der Waals surface area contributed by atoms with Crippen molar-refractivity contribution in [3.63, 3.8) is 0 Å². The van der Waals surface area contributed by atoms with E-state index in [9.17, 15) is 4.79 Å². The van der Waals surface area contributed by atoms with E-state index in [-0.39, 0.29) is 11.3 Å². The van der Waals surface area contributed by atoms with Crippen molar-refractivity contribution in [3.8, 4) is 0 Å². The molecule has 4 rings (SSSR count). The highest BCUT2D eigenvalue weighted by Crippen LogP contribution is 2.28. The lowest BCUT2D eigenvalue weighted by Gasteiger charge is -2.25. The number of H-pyrrole nitrogens is 1. The van der Waals surface area contributed by atoms with E-state index < -0.39 is 0 Å². The zero-order valence-electron chi connectivity index (χ0n) is 16.0. The largest absolute Gasteiger partial charge is 0.445 e. The molecule has 0 saturated carbocycles. The first-order valence-electron chi connectivity index (χ1n) is 9.73. The summed E-state index contributed by atoms with van der Waals surface area (Å²) in [6.45, 7) is 7.56. The van der Waals surface area contributed by atoms with Gasteiger partial charge in [0.1, 0.15) is 11.5 Å². The van der Waals surface area contributed by atoms with E-state index in [1.54, 1.807) is 0 Å². The lowest BCUT2D eigenvalue weighted by molar-refractivity contribution is -0.132. The predicted molar refractivity (Wildman–Crippen MR) is 97.9 cm³/mol. The number of nitrogens with zero attached hydrogens (tertiary/aromatic N) is 3. The normalized spacial score (nSPS) is 17.1. The lowest BCUT2D eigenvalue weighted by atomic mass is 9.94. The molecule has 6 heteroatoms. The number of rotatable bonds is 3. The van der Waals surface area contributed by atoms with Crippen LogP contribution in [0, 0.1) is 0 Å². The Hall–Kier alpha value is -2.11. The number of aromatic nitrogens is 3. The molecule has 0 atom stereocenters. The molecule has 6 nitrogen and oxygen atoms in total. The topological polar surface area (TPSA) is 75.0 Å². The summed E-state index contributed by atoms with van der Waals surface area (Å²) in [5.74, 6) is 1.89. The Morgan fingerprint density at radius 3 is 2.85 bits per heavy atom. The van der Waals surface area contributed by atoms with Gasteiger partial charge in [0.25, 0.3) is 0 Å². The zero-order valence-corrected chi connectivity index (χ0v) is 16.0. The van der Waals surface area contributed by atoms with Crippen LogP contribution in [0.25, 0.3) is 0 Å². The van der Waals surface area contributed by atoms with E-state index in [4.69, 9.17) is 4.42 Å². The third-order valence-corrected chi connectivity index (χ3v) is 5.44. The monoisotopic (exact) mass is 356 g/mol. The molecule has 2 aliphatic rings. The summed E-state index contributed by atoms with van der Waals surface area (Å²) < 4.78 is 5.92. The first-order chi connectivity index (χ1) is 12.4. The average molecular weight is 356 g/mol. The van der Waals surface area contributed by atoms with Gasteiger partial charge in [-0.2, -0.15) is 5.10 Å². The SMILES string of the molecule is CC(C)(C)c1nc2c(o1)CCN(C(=O)CCc1n[nH]c3c1CCCC3)C2. The van der Waals surface area contributed by atoms with Gasteiger partial charge in [0.15, 0.2) is 5.89 Å². The van der Waals surface area contributed by atoms with Gasteiger partial charge in [-0.05, 0) is 31.2 Å². The van der Waals surface area contributed by atoms with Gasteiger partial charge in [0.05, 0.1) is 12.2 Å². The van der Waals surface area contributed by atoms with Crippen LogP contribution in [0.5, 0.6) is 0 Å². The molecule has 0 radical (unpaired) electrons. The Balaban J connectivity index is 1.39. The molecule has 0 saturated heterocycles. The third-order valence-electron chi connectivity index (χ3n) is 5.44. The number of nitrogens with one attached hydrogen (secondary N) is 1. The summed E-state index contributed by atoms with van der Waals surface area (Å²) in [7, 11) is 0. The second-order valence-electron chi connectivity index (χ2n) is 8.54. The predicted octanol–water partition coefficient (Wildman–Crippen LogP) is 3.09. The van der Waals surface area contributed by atoms with Gasteiger partial charge >= 0.3 is 0 Å². The molecule has 0 fully saturated rings. The van der Waals surface area contributed by atoms with E-state index in [2.05, 4.69) is 36.0 Å². The van der Waals surface area contributed by atoms with Crippen molar-refractivity contribution < 1.29 is 9.21 Å². The molecular formula is C20H28N4O2. The number of hydrogen-bond acceptors (Lipinski definition) is 4. The summed E-state index contributed by atoms with van der Waals surface area (Å²) in [5, 5.41) is 7.62. The Kier molecular flexibility index (Phi) is 4.37. The fourth-order valence-corrected chi connectivity index (χ4v) is 3.87. The van der Waals surface area contributed by atoms with Crippen molar-refractivity contribution in [1.82, 2.24) is 20.1 Å². The number of carbonyl (C=O) groups excluding carboxylic acids is 1. The number of fused-ring (bicyclic) bond motifs is 2. The fraction of sp³-hybridized carbons (Fsp3) is 0.650. The van der Waals surface area contributed by atoms with Gasteiger partial charge in [-0.25, -0.2) is 4.98 Å². The first kappa shape index (κ1) is 17.3. The van der Waals surface area contributed by atoms with Gasteiger partial charge in [-0.1, -0.05) is 20.8 Å². The van der Waals surface area contributed by atoms with Crippen molar-refractivity contribution in [3.05, 3.63) is 34.3 Å². The summed E-state index contributed by atoms with van der Waals surface area (Å²) in [5.41, 5.74) is 4.54. The molecule has 1 aliphatic carbocycles. The minimum atomic E-state index is -0.106. The number of carbonyl (C=O) groups is 1. The van der Waals surface area contributed by atoms with Gasteiger partial charge in [0, 0.05) is 36.9 Å². The second-order valence-corrected chi connectivity index (χ2v) is 8.54. The van der Waals surface area contributed by atoms with Crippen LogP contribution < -0.4 is 0 Å². The van der Waals surface area contributed by atoms with Crippen molar-refractivity contribution in [2.24, 2.45) is 0 Å². The highest BCUT2D eigenvalue weighted by molar-refractivity contribution is 5.76. The molecule has 2 aromatic rings. The summed E-state index contributed by atoms with van der Waals surface area (Å²) in [6.07, 6.45) is 6.63. The van der Waals surface area contributed by atoms with Crippen LogP contribution in [0.1, 0.15) is 74.3 Å². The summed E-state index contributed by atoms with van der Waals surface area (Å²) in [6, 6.07) is 0. The molecule has 0 unspecified atom stereocenters. The van der Waals surface area contributed by atoms with Gasteiger partial charge in [-0.3, -0.25) is 9.89 Å². The zero-order chi connectivity index (χ0) is 18.3. The minimum absolute atomic E-state index is 0.106. The van der Waals surface area contributed by atoms with Crippen LogP contribution in [-0.4, -0.2) is 32.5 Å². The molecule has 1 aliphatic heterocycles. The quantitative estimate of drug-likeness (QED) is 0.917. The van der Waals surface area contributed by atoms with E-state index in [0.29, 0.717) is 19.5 Å². The standard InChI is InChI=1S/C20H28N4O2/c1-20(2,3)19-21-16-12-24(11-10-17(16)26-19)18(25)9-8-15-13-6-4-5-7-14(13)22-23-15/h4-12H2,1-3H3,(H,22,23). The maximum atomic E-state index is 12.7. The Morgan fingerprint density at radius 1 is 1.23 bits per heavy atom. The second kappa shape index (κ2) is 6.56. The van der Waals surface area contributed by atoms with Gasteiger partial charge in [0.2, 0.25) is 5.91 Å². The fourth-order valence-electron chi connectivity index (χ4n) is 3.87.